The summed E-state index contributed by atoms with van der Waals surface area (Å²) < 4.78 is 15.8. The zero-order valence-corrected chi connectivity index (χ0v) is 16.0. The van der Waals surface area contributed by atoms with Crippen molar-refractivity contribution < 1.29 is 14.3 Å². The maximum Gasteiger partial charge on any atom is 0.341 e. The number of hydrogen-bond acceptors (Lipinski definition) is 4. The number of aromatic nitrogens is 1. The molecule has 0 aliphatic carbocycles. The van der Waals surface area contributed by atoms with Crippen LogP contribution < -0.4 is 15.8 Å². The molecule has 1 fully saturated rings. The highest BCUT2D eigenvalue weighted by atomic mass is 35.5. The smallest absolute Gasteiger partial charge is 0.341 e. The van der Waals surface area contributed by atoms with E-state index < -0.39 is 22.9 Å². The maximum atomic E-state index is 14.8. The molecule has 2 aromatic heterocycles. The quantitative estimate of drug-likeness (QED) is 0.823. The first-order valence-electron chi connectivity index (χ1n) is 8.13. The minimum Gasteiger partial charge on any atom is -0.477 e. The van der Waals surface area contributed by atoms with Crippen molar-refractivity contribution in [2.45, 2.75) is 26.3 Å². The van der Waals surface area contributed by atoms with E-state index in [0.29, 0.717) is 37.1 Å². The van der Waals surface area contributed by atoms with Gasteiger partial charge in [-0.1, -0.05) is 18.5 Å². The predicted molar refractivity (Wildman–Crippen MR) is 102 cm³/mol. The summed E-state index contributed by atoms with van der Waals surface area (Å²) in [6.45, 7) is 5.72. The molecule has 1 unspecified atom stereocenters. The van der Waals surface area contributed by atoms with Crippen LogP contribution in [-0.4, -0.2) is 41.2 Å². The number of piperazine rings is 1. The van der Waals surface area contributed by atoms with Gasteiger partial charge in [0.25, 0.3) is 5.56 Å². The number of anilines is 1. The van der Waals surface area contributed by atoms with Crippen molar-refractivity contribution in [2.24, 2.45) is 0 Å². The molecule has 1 saturated heterocycles. The van der Waals surface area contributed by atoms with Crippen LogP contribution in [0.2, 0.25) is 5.02 Å². The standard InChI is InChI=1S/C17H19ClFN3O3.ClH/c1-3-10-6-11(17(24)25)16(23)22-8-12(19)15(13(18)14(10)22)21-5-4-20-9(2)7-21;/h6,8-9,20H,3-5,7H2,1-2H3,(H,24,25);1H. The lowest BCUT2D eigenvalue weighted by atomic mass is 10.1. The Kier molecular flexibility index (Phi) is 6.16. The Bertz CT molecular complexity index is 916. The summed E-state index contributed by atoms with van der Waals surface area (Å²) >= 11 is 6.51. The number of carboxylic acid groups (broad SMARTS) is 1. The van der Waals surface area contributed by atoms with Crippen molar-refractivity contribution in [2.75, 3.05) is 24.5 Å². The number of pyridine rings is 2. The number of nitrogens with one attached hydrogen (secondary N) is 1. The number of aromatic carboxylic acids is 1. The molecule has 0 radical (unpaired) electrons. The van der Waals surface area contributed by atoms with E-state index in [1.54, 1.807) is 0 Å². The van der Waals surface area contributed by atoms with E-state index in [4.69, 9.17) is 11.6 Å². The van der Waals surface area contributed by atoms with Gasteiger partial charge in [0.2, 0.25) is 0 Å². The molecule has 2 aromatic rings. The number of fused-ring (bicyclic) bond motifs is 1. The van der Waals surface area contributed by atoms with Gasteiger partial charge in [-0.3, -0.25) is 9.20 Å². The zero-order valence-electron chi connectivity index (χ0n) is 14.4. The second-order valence-corrected chi connectivity index (χ2v) is 6.58. The average molecular weight is 404 g/mol. The highest BCUT2D eigenvalue weighted by Crippen LogP contribution is 2.34. The lowest BCUT2D eigenvalue weighted by Crippen LogP contribution is -2.49. The minimum absolute atomic E-state index is 0. The largest absolute Gasteiger partial charge is 0.477 e. The summed E-state index contributed by atoms with van der Waals surface area (Å²) in [5.74, 6) is -1.98. The molecule has 0 bridgehead atoms. The Balaban J connectivity index is 0.00000243. The fourth-order valence-electron chi connectivity index (χ4n) is 3.30. The maximum absolute atomic E-state index is 14.8. The molecule has 142 valence electrons. The van der Waals surface area contributed by atoms with Gasteiger partial charge in [0.05, 0.1) is 22.4 Å². The summed E-state index contributed by atoms with van der Waals surface area (Å²) in [5.41, 5.74) is 0.0227. The highest BCUT2D eigenvalue weighted by molar-refractivity contribution is 6.36. The summed E-state index contributed by atoms with van der Waals surface area (Å²) in [7, 11) is 0. The first-order chi connectivity index (χ1) is 11.8. The minimum atomic E-state index is -1.34. The van der Waals surface area contributed by atoms with Crippen molar-refractivity contribution >= 4 is 41.2 Å². The van der Waals surface area contributed by atoms with Gasteiger partial charge in [0.1, 0.15) is 5.56 Å². The van der Waals surface area contributed by atoms with Gasteiger partial charge >= 0.3 is 5.97 Å². The van der Waals surface area contributed by atoms with Gasteiger partial charge in [0, 0.05) is 25.7 Å². The van der Waals surface area contributed by atoms with Crippen LogP contribution in [0.4, 0.5) is 10.1 Å². The summed E-state index contributed by atoms with van der Waals surface area (Å²) in [4.78, 5) is 25.6. The van der Waals surface area contributed by atoms with E-state index in [2.05, 4.69) is 5.32 Å². The molecule has 0 amide bonds. The van der Waals surface area contributed by atoms with Crippen LogP contribution in [0.5, 0.6) is 0 Å². The Morgan fingerprint density at radius 2 is 2.19 bits per heavy atom. The van der Waals surface area contributed by atoms with E-state index in [1.807, 2.05) is 18.7 Å². The van der Waals surface area contributed by atoms with Crippen molar-refractivity contribution in [3.8, 4) is 0 Å². The highest BCUT2D eigenvalue weighted by Gasteiger charge is 2.25. The Morgan fingerprint density at radius 3 is 2.77 bits per heavy atom. The number of carboxylic acids is 1. The van der Waals surface area contributed by atoms with Crippen molar-refractivity contribution in [1.29, 1.82) is 0 Å². The van der Waals surface area contributed by atoms with Crippen molar-refractivity contribution in [3.63, 3.8) is 0 Å². The zero-order chi connectivity index (χ0) is 18.3. The molecule has 1 atom stereocenters. The number of carbonyl (C=O) groups is 1. The number of rotatable bonds is 3. The van der Waals surface area contributed by atoms with Crippen LogP contribution in [0.15, 0.2) is 17.1 Å². The summed E-state index contributed by atoms with van der Waals surface area (Å²) in [5, 5.41) is 12.6. The second kappa shape index (κ2) is 7.82. The van der Waals surface area contributed by atoms with Gasteiger partial charge < -0.3 is 15.3 Å². The first-order valence-corrected chi connectivity index (χ1v) is 8.50. The molecular formula is C17H20Cl2FN3O3. The SMILES string of the molecule is CCc1cc(C(=O)O)c(=O)n2cc(F)c(N3CCNC(C)C3)c(Cl)c12.Cl. The summed E-state index contributed by atoms with van der Waals surface area (Å²) in [6.07, 6.45) is 1.50. The molecule has 3 rings (SSSR count). The Hall–Kier alpha value is -1.83. The molecule has 1 aliphatic rings. The van der Waals surface area contributed by atoms with Gasteiger partial charge in [-0.15, -0.1) is 12.4 Å². The van der Waals surface area contributed by atoms with Crippen LogP contribution in [0.3, 0.4) is 0 Å². The van der Waals surface area contributed by atoms with Crippen LogP contribution >= 0.6 is 24.0 Å². The number of nitrogens with zero attached hydrogens (tertiary/aromatic N) is 2. The van der Waals surface area contributed by atoms with Crippen LogP contribution in [-0.2, 0) is 6.42 Å². The van der Waals surface area contributed by atoms with E-state index in [0.717, 1.165) is 10.6 Å². The molecule has 9 heteroatoms. The molecule has 0 spiro atoms. The normalized spacial score (nSPS) is 17.2. The molecule has 3 heterocycles. The van der Waals surface area contributed by atoms with E-state index in [1.165, 1.54) is 6.07 Å². The lowest BCUT2D eigenvalue weighted by molar-refractivity contribution is 0.0694. The molecule has 1 aliphatic heterocycles. The Morgan fingerprint density at radius 1 is 1.50 bits per heavy atom. The van der Waals surface area contributed by atoms with E-state index in [9.17, 15) is 19.1 Å². The number of halogens is 3. The Labute approximate surface area is 161 Å². The van der Waals surface area contributed by atoms with Gasteiger partial charge in [-0.05, 0) is 25.0 Å². The van der Waals surface area contributed by atoms with E-state index >= 15 is 0 Å². The third kappa shape index (κ3) is 3.39. The molecule has 2 N–H and O–H groups in total. The van der Waals surface area contributed by atoms with E-state index in [-0.39, 0.29) is 29.2 Å². The van der Waals surface area contributed by atoms with Crippen LogP contribution in [0.25, 0.3) is 5.52 Å². The summed E-state index contributed by atoms with van der Waals surface area (Å²) in [6, 6.07) is 1.51. The van der Waals surface area contributed by atoms with Crippen molar-refractivity contribution in [1.82, 2.24) is 9.72 Å². The molecule has 0 aromatic carbocycles. The van der Waals surface area contributed by atoms with Crippen molar-refractivity contribution in [3.05, 3.63) is 44.6 Å². The predicted octanol–water partition coefficient (Wildman–Crippen LogP) is 2.57. The van der Waals surface area contributed by atoms with Crippen LogP contribution in [0, 0.1) is 5.82 Å². The molecule has 26 heavy (non-hydrogen) atoms. The fourth-order valence-corrected chi connectivity index (χ4v) is 3.72. The monoisotopic (exact) mass is 403 g/mol. The number of aryl methyl sites for hydroxylation is 1. The van der Waals surface area contributed by atoms with Gasteiger partial charge in [0.15, 0.2) is 5.82 Å². The van der Waals surface area contributed by atoms with Gasteiger partial charge in [-0.25, -0.2) is 9.18 Å². The lowest BCUT2D eigenvalue weighted by Gasteiger charge is -2.34. The first kappa shape index (κ1) is 20.5. The molecular weight excluding hydrogens is 384 g/mol. The third-order valence-electron chi connectivity index (χ3n) is 4.49. The number of hydrogen-bond donors (Lipinski definition) is 2. The van der Waals surface area contributed by atoms with Gasteiger partial charge in [-0.2, -0.15) is 0 Å². The third-order valence-corrected chi connectivity index (χ3v) is 4.85. The van der Waals surface area contributed by atoms with Crippen LogP contribution in [0.1, 0.15) is 29.8 Å². The molecule has 0 saturated carbocycles. The second-order valence-electron chi connectivity index (χ2n) is 6.21. The fraction of sp³-hybridized carbons (Fsp3) is 0.412. The molecule has 6 nitrogen and oxygen atoms in total. The topological polar surface area (TPSA) is 74.0 Å². The average Bonchev–Trinajstić information content (AvgIpc) is 2.55.